The molecule has 28 heavy (non-hydrogen) atoms. The van der Waals surface area contributed by atoms with Gasteiger partial charge < -0.3 is 9.66 Å². The third-order valence-corrected chi connectivity index (χ3v) is 4.94. The van der Waals surface area contributed by atoms with Gasteiger partial charge in [0.2, 0.25) is 11.6 Å². The van der Waals surface area contributed by atoms with E-state index in [0.717, 1.165) is 17.7 Å². The number of benzene rings is 2. The molecule has 0 aliphatic carbocycles. The Kier molecular flexibility index (Phi) is 5.23. The molecule has 9 nitrogen and oxygen atoms in total. The molecule has 1 aromatic heterocycles. The molecule has 0 radical (unpaired) electrons. The zero-order valence-electron chi connectivity index (χ0n) is 14.4. The van der Waals surface area contributed by atoms with E-state index in [1.807, 2.05) is 19.1 Å². The first-order valence-electron chi connectivity index (χ1n) is 7.80. The molecular weight excluding hydrogens is 404 g/mol. The van der Waals surface area contributed by atoms with Crippen LogP contribution in [0.2, 0.25) is 0 Å². The topological polar surface area (TPSA) is 140 Å². The van der Waals surface area contributed by atoms with Crippen molar-refractivity contribution in [1.82, 2.24) is 9.55 Å². The van der Waals surface area contributed by atoms with Crippen LogP contribution in [0.5, 0.6) is 5.88 Å². The molecule has 11 heteroatoms. The maximum atomic E-state index is 12.2. The number of H-pyrrole nitrogens is 1. The Balaban J connectivity index is 2.07. The van der Waals surface area contributed by atoms with E-state index in [-0.39, 0.29) is 16.1 Å². The molecule has 144 valence electrons. The monoisotopic (exact) mass is 417 g/mol. The smallest absolute Gasteiger partial charge is 0.283 e. The second-order valence-corrected chi connectivity index (χ2v) is 7.47. The highest BCUT2D eigenvalue weighted by molar-refractivity contribution is 7.85. The lowest BCUT2D eigenvalue weighted by Crippen LogP contribution is -2.13. The predicted octanol–water partition coefficient (Wildman–Crippen LogP) is 3.23. The largest absolute Gasteiger partial charge is 0.744 e. The predicted molar refractivity (Wildman–Crippen MR) is 102 cm³/mol. The van der Waals surface area contributed by atoms with E-state index >= 15 is 0 Å². The van der Waals surface area contributed by atoms with Crippen LogP contribution in [0.15, 0.2) is 68.4 Å². The van der Waals surface area contributed by atoms with Crippen molar-refractivity contribution < 1.29 is 18.1 Å². The number of para-hydroxylation sites is 1. The highest BCUT2D eigenvalue weighted by Crippen LogP contribution is 2.28. The summed E-state index contributed by atoms with van der Waals surface area (Å²) < 4.78 is 34.1. The molecule has 0 fully saturated rings. The van der Waals surface area contributed by atoms with Crippen molar-refractivity contribution in [3.05, 3.63) is 69.2 Å². The summed E-state index contributed by atoms with van der Waals surface area (Å²) in [7, 11) is -4.58. The van der Waals surface area contributed by atoms with Crippen LogP contribution in [-0.4, -0.2) is 27.6 Å². The van der Waals surface area contributed by atoms with Gasteiger partial charge in [0.05, 0.1) is 16.3 Å². The van der Waals surface area contributed by atoms with Crippen LogP contribution < -0.4 is 5.56 Å². The molecule has 0 atom stereocenters. The molecule has 0 spiro atoms. The lowest BCUT2D eigenvalue weighted by atomic mass is 10.2. The van der Waals surface area contributed by atoms with E-state index in [2.05, 4.69) is 15.2 Å². The minimum atomic E-state index is -4.58. The number of rotatable bonds is 4. The molecule has 0 bridgehead atoms. The van der Waals surface area contributed by atoms with Crippen molar-refractivity contribution in [1.29, 1.82) is 0 Å². The molecule has 3 rings (SSSR count). The summed E-state index contributed by atoms with van der Waals surface area (Å²) in [6.07, 6.45) is 0. The number of azo groups is 1. The molecule has 0 unspecified atom stereocenters. The van der Waals surface area contributed by atoms with Crippen molar-refractivity contribution >= 4 is 33.7 Å². The Bertz CT molecular complexity index is 1290. The molecule has 1 heterocycles. The second-order valence-electron chi connectivity index (χ2n) is 5.70. The number of hydrogen-bond donors (Lipinski definition) is 2. The van der Waals surface area contributed by atoms with Crippen molar-refractivity contribution in [2.75, 3.05) is 0 Å². The summed E-state index contributed by atoms with van der Waals surface area (Å²) in [5.74, 6) is -0.495. The van der Waals surface area contributed by atoms with Gasteiger partial charge in [0.25, 0.3) is 5.56 Å². The van der Waals surface area contributed by atoms with E-state index < -0.39 is 26.5 Å². The molecule has 0 amide bonds. The van der Waals surface area contributed by atoms with Gasteiger partial charge in [-0.25, -0.2) is 8.42 Å². The zero-order chi connectivity index (χ0) is 20.5. The molecule has 0 aliphatic heterocycles. The van der Waals surface area contributed by atoms with Crippen LogP contribution in [0.1, 0.15) is 5.56 Å². The Hall–Kier alpha value is -3.15. The maximum absolute atomic E-state index is 12.2. The van der Waals surface area contributed by atoms with Gasteiger partial charge in [-0.05, 0) is 55.0 Å². The van der Waals surface area contributed by atoms with Crippen LogP contribution in [0.4, 0.5) is 11.4 Å². The SMILES string of the molecule is Cc1ccccc1-n1c(O)c(N=Nc2ccc(S(=O)(=O)[O-])cc2)c(=O)[nH]c1=S. The quantitative estimate of drug-likeness (QED) is 0.379. The van der Waals surface area contributed by atoms with E-state index in [4.69, 9.17) is 12.2 Å². The summed E-state index contributed by atoms with van der Waals surface area (Å²) in [5, 5.41) is 18.1. The van der Waals surface area contributed by atoms with E-state index in [1.54, 1.807) is 12.1 Å². The maximum Gasteiger partial charge on any atom is 0.283 e. The van der Waals surface area contributed by atoms with E-state index in [9.17, 15) is 22.9 Å². The first-order valence-corrected chi connectivity index (χ1v) is 9.62. The van der Waals surface area contributed by atoms with Gasteiger partial charge in [-0.3, -0.25) is 14.3 Å². The minimum absolute atomic E-state index is 0.0132. The molecule has 0 aliphatic rings. The van der Waals surface area contributed by atoms with Crippen molar-refractivity contribution in [2.45, 2.75) is 11.8 Å². The van der Waals surface area contributed by atoms with Crippen LogP contribution in [0.25, 0.3) is 5.69 Å². The number of aromatic hydroxyl groups is 1. The third-order valence-electron chi connectivity index (χ3n) is 3.81. The molecule has 0 saturated carbocycles. The Labute approximate surface area is 164 Å². The number of aromatic amines is 1. The summed E-state index contributed by atoms with van der Waals surface area (Å²) in [6, 6.07) is 11.7. The van der Waals surface area contributed by atoms with Crippen LogP contribution in [0.3, 0.4) is 0 Å². The van der Waals surface area contributed by atoms with Crippen LogP contribution in [-0.2, 0) is 10.1 Å². The fraction of sp³-hybridized carbons (Fsp3) is 0.0588. The number of aromatic nitrogens is 2. The Morgan fingerprint density at radius 1 is 1.11 bits per heavy atom. The van der Waals surface area contributed by atoms with Crippen molar-refractivity contribution in [3.8, 4) is 11.6 Å². The number of nitrogens with one attached hydrogen (secondary N) is 1. The molecule has 0 saturated heterocycles. The average molecular weight is 417 g/mol. The van der Waals surface area contributed by atoms with E-state index in [0.29, 0.717) is 5.69 Å². The minimum Gasteiger partial charge on any atom is -0.744 e. The highest BCUT2D eigenvalue weighted by Gasteiger charge is 2.15. The molecule has 2 aromatic carbocycles. The Morgan fingerprint density at radius 3 is 2.36 bits per heavy atom. The summed E-state index contributed by atoms with van der Waals surface area (Å²) in [4.78, 5) is 14.2. The highest BCUT2D eigenvalue weighted by atomic mass is 32.2. The lowest BCUT2D eigenvalue weighted by molar-refractivity contribution is 0.434. The van der Waals surface area contributed by atoms with Crippen LogP contribution >= 0.6 is 12.2 Å². The fourth-order valence-corrected chi connectivity index (χ4v) is 3.18. The normalized spacial score (nSPS) is 11.8. The molecule has 2 N–H and O–H groups in total. The van der Waals surface area contributed by atoms with Crippen LogP contribution in [0, 0.1) is 11.7 Å². The van der Waals surface area contributed by atoms with Gasteiger partial charge in [0.15, 0.2) is 4.77 Å². The summed E-state index contributed by atoms with van der Waals surface area (Å²) in [5.41, 5.74) is 0.421. The van der Waals surface area contributed by atoms with E-state index in [1.165, 1.54) is 16.7 Å². The van der Waals surface area contributed by atoms with Crippen molar-refractivity contribution in [2.24, 2.45) is 10.2 Å². The number of aryl methyl sites for hydroxylation is 1. The lowest BCUT2D eigenvalue weighted by Gasteiger charge is -2.12. The fourth-order valence-electron chi connectivity index (χ4n) is 2.43. The first kappa shape index (κ1) is 19.6. The third kappa shape index (κ3) is 3.91. The standard InChI is InChI=1S/C17H14N4O5S2/c1-10-4-2-3-5-13(10)21-16(23)14(15(22)18-17(21)27)20-19-11-6-8-12(9-7-11)28(24,25)26/h2-9,23H,1H3,(H,18,22,27)(H,24,25,26)/p-1. The van der Waals surface area contributed by atoms with Gasteiger partial charge in [-0.1, -0.05) is 18.2 Å². The second kappa shape index (κ2) is 7.46. The van der Waals surface area contributed by atoms with Crippen molar-refractivity contribution in [3.63, 3.8) is 0 Å². The number of nitrogens with zero attached hydrogens (tertiary/aromatic N) is 3. The summed E-state index contributed by atoms with van der Waals surface area (Å²) >= 11 is 5.14. The number of hydrogen-bond acceptors (Lipinski definition) is 8. The van der Waals surface area contributed by atoms with Gasteiger partial charge in [0, 0.05) is 0 Å². The molecular formula is C17H13N4O5S2-. The summed E-state index contributed by atoms with van der Waals surface area (Å²) in [6.45, 7) is 1.81. The first-order chi connectivity index (χ1) is 13.2. The van der Waals surface area contributed by atoms with Gasteiger partial charge >= 0.3 is 0 Å². The molecule has 3 aromatic rings. The average Bonchev–Trinajstić information content (AvgIpc) is 2.62. The zero-order valence-corrected chi connectivity index (χ0v) is 16.0. The Morgan fingerprint density at radius 2 is 1.75 bits per heavy atom. The van der Waals surface area contributed by atoms with Gasteiger partial charge in [-0.15, -0.1) is 5.11 Å². The van der Waals surface area contributed by atoms with Gasteiger partial charge in [0.1, 0.15) is 10.1 Å². The van der Waals surface area contributed by atoms with Gasteiger partial charge in [-0.2, -0.15) is 5.11 Å².